The molecular weight excluding hydrogens is 192 g/mol. The Hall–Kier alpha value is -0.610. The van der Waals surface area contributed by atoms with Crippen LogP contribution < -0.4 is 0 Å². The highest BCUT2D eigenvalue weighted by Gasteiger charge is 2.21. The van der Waals surface area contributed by atoms with E-state index in [1.807, 2.05) is 0 Å². The van der Waals surface area contributed by atoms with Crippen molar-refractivity contribution in [2.24, 2.45) is 0 Å². The topological polar surface area (TPSA) is 32.8 Å². The van der Waals surface area contributed by atoms with Crippen molar-refractivity contribution in [2.75, 3.05) is 39.8 Å². The predicted molar refractivity (Wildman–Crippen MR) is 59.8 cm³/mol. The van der Waals surface area contributed by atoms with Crippen LogP contribution in [-0.2, 0) is 9.53 Å². The third-order valence-electron chi connectivity index (χ3n) is 3.20. The lowest BCUT2D eigenvalue weighted by atomic mass is 10.2. The molecule has 88 valence electrons. The van der Waals surface area contributed by atoms with E-state index in [0.29, 0.717) is 12.6 Å². The van der Waals surface area contributed by atoms with Crippen LogP contribution in [0.5, 0.6) is 0 Å². The lowest BCUT2D eigenvalue weighted by Gasteiger charge is -2.37. The van der Waals surface area contributed by atoms with Crippen LogP contribution in [0, 0.1) is 0 Å². The van der Waals surface area contributed by atoms with Crippen LogP contribution >= 0.6 is 0 Å². The molecule has 1 fully saturated rings. The minimum atomic E-state index is -0.132. The second kappa shape index (κ2) is 6.08. The fraction of sp³-hybridized carbons (Fsp3) is 0.909. The molecule has 1 aliphatic rings. The van der Waals surface area contributed by atoms with Crippen LogP contribution in [0.25, 0.3) is 0 Å². The maximum atomic E-state index is 11.1. The number of esters is 1. The number of carbonyl (C=O) groups excluding carboxylic acids is 1. The molecule has 0 spiro atoms. The average molecular weight is 214 g/mol. The zero-order valence-corrected chi connectivity index (χ0v) is 10.0. The van der Waals surface area contributed by atoms with Crippen molar-refractivity contribution in [1.29, 1.82) is 0 Å². The summed E-state index contributed by atoms with van der Waals surface area (Å²) in [6.07, 6.45) is 1.19. The van der Waals surface area contributed by atoms with Crippen LogP contribution in [0.2, 0.25) is 0 Å². The summed E-state index contributed by atoms with van der Waals surface area (Å²) in [6, 6.07) is 0.658. The molecule has 1 heterocycles. The number of hydrogen-bond acceptors (Lipinski definition) is 4. The Bertz CT molecular complexity index is 201. The summed E-state index contributed by atoms with van der Waals surface area (Å²) in [6.45, 7) is 8.98. The minimum absolute atomic E-state index is 0.132. The van der Waals surface area contributed by atoms with Crippen molar-refractivity contribution in [3.05, 3.63) is 0 Å². The monoisotopic (exact) mass is 214 g/mol. The number of hydrogen-bond donors (Lipinski definition) is 0. The lowest BCUT2D eigenvalue weighted by Crippen LogP contribution is -2.50. The highest BCUT2D eigenvalue weighted by atomic mass is 16.5. The molecule has 0 radical (unpaired) electrons. The summed E-state index contributed by atoms with van der Waals surface area (Å²) in [5, 5.41) is 0. The largest absolute Gasteiger partial charge is 0.468 e. The van der Waals surface area contributed by atoms with Gasteiger partial charge in [0, 0.05) is 32.2 Å². The van der Waals surface area contributed by atoms with Gasteiger partial charge in [0.15, 0.2) is 0 Å². The number of piperazine rings is 1. The summed E-state index contributed by atoms with van der Waals surface area (Å²) < 4.78 is 4.65. The van der Waals surface area contributed by atoms with Gasteiger partial charge in [-0.05, 0) is 13.3 Å². The molecule has 1 saturated heterocycles. The van der Waals surface area contributed by atoms with Gasteiger partial charge in [0.1, 0.15) is 0 Å². The van der Waals surface area contributed by atoms with Crippen LogP contribution in [0.4, 0.5) is 0 Å². The summed E-state index contributed by atoms with van der Waals surface area (Å²) in [5.74, 6) is -0.132. The van der Waals surface area contributed by atoms with E-state index in [2.05, 4.69) is 28.4 Å². The molecule has 1 aliphatic heterocycles. The molecule has 0 bridgehead atoms. The lowest BCUT2D eigenvalue weighted by molar-refractivity contribution is -0.142. The Morgan fingerprint density at radius 1 is 1.33 bits per heavy atom. The highest BCUT2D eigenvalue weighted by molar-refractivity contribution is 5.71. The first-order valence-corrected chi connectivity index (χ1v) is 5.70. The first-order chi connectivity index (χ1) is 7.17. The first-order valence-electron chi connectivity index (χ1n) is 5.70. The van der Waals surface area contributed by atoms with Gasteiger partial charge in [0.2, 0.25) is 0 Å². The van der Waals surface area contributed by atoms with Gasteiger partial charge < -0.3 is 4.74 Å². The summed E-state index contributed by atoms with van der Waals surface area (Å²) in [4.78, 5) is 15.7. The minimum Gasteiger partial charge on any atom is -0.468 e. The van der Waals surface area contributed by atoms with E-state index in [4.69, 9.17) is 0 Å². The Morgan fingerprint density at radius 3 is 2.40 bits per heavy atom. The maximum absolute atomic E-state index is 11.1. The SMILES string of the molecule is CCC(C)N1CCN(CC(=O)OC)CC1. The van der Waals surface area contributed by atoms with E-state index in [9.17, 15) is 4.79 Å². The van der Waals surface area contributed by atoms with Crippen molar-refractivity contribution in [1.82, 2.24) is 9.80 Å². The molecule has 0 saturated carbocycles. The second-order valence-corrected chi connectivity index (χ2v) is 4.15. The molecule has 1 atom stereocenters. The van der Waals surface area contributed by atoms with Crippen LogP contribution in [0.15, 0.2) is 0 Å². The van der Waals surface area contributed by atoms with Gasteiger partial charge in [-0.2, -0.15) is 0 Å². The number of methoxy groups -OCH3 is 1. The molecule has 0 aliphatic carbocycles. The fourth-order valence-corrected chi connectivity index (χ4v) is 1.87. The molecule has 4 nitrogen and oxygen atoms in total. The summed E-state index contributed by atoms with van der Waals surface area (Å²) in [5.41, 5.74) is 0. The third-order valence-corrected chi connectivity index (χ3v) is 3.20. The van der Waals surface area contributed by atoms with Gasteiger partial charge in [-0.25, -0.2) is 0 Å². The molecule has 1 rings (SSSR count). The molecule has 0 amide bonds. The first kappa shape index (κ1) is 12.5. The quantitative estimate of drug-likeness (QED) is 0.641. The third kappa shape index (κ3) is 3.80. The van der Waals surface area contributed by atoms with Gasteiger partial charge in [-0.3, -0.25) is 14.6 Å². The zero-order valence-electron chi connectivity index (χ0n) is 10.0. The normalized spacial score (nSPS) is 21.3. The number of carbonyl (C=O) groups is 1. The Morgan fingerprint density at radius 2 is 1.93 bits per heavy atom. The molecule has 15 heavy (non-hydrogen) atoms. The van der Waals surface area contributed by atoms with Crippen molar-refractivity contribution in [3.8, 4) is 0 Å². The van der Waals surface area contributed by atoms with Gasteiger partial charge in [0.25, 0.3) is 0 Å². The van der Waals surface area contributed by atoms with Crippen LogP contribution in [0.3, 0.4) is 0 Å². The smallest absolute Gasteiger partial charge is 0.319 e. The van der Waals surface area contributed by atoms with Crippen molar-refractivity contribution >= 4 is 5.97 Å². The maximum Gasteiger partial charge on any atom is 0.319 e. The van der Waals surface area contributed by atoms with Crippen molar-refractivity contribution < 1.29 is 9.53 Å². The van der Waals surface area contributed by atoms with Gasteiger partial charge >= 0.3 is 5.97 Å². The van der Waals surface area contributed by atoms with Crippen molar-refractivity contribution in [2.45, 2.75) is 26.3 Å². The highest BCUT2D eigenvalue weighted by Crippen LogP contribution is 2.08. The van der Waals surface area contributed by atoms with E-state index in [0.717, 1.165) is 26.2 Å². The van der Waals surface area contributed by atoms with Gasteiger partial charge in [-0.15, -0.1) is 0 Å². The van der Waals surface area contributed by atoms with Gasteiger partial charge in [-0.1, -0.05) is 6.92 Å². The van der Waals surface area contributed by atoms with Crippen LogP contribution in [0.1, 0.15) is 20.3 Å². The van der Waals surface area contributed by atoms with E-state index in [-0.39, 0.29) is 5.97 Å². The standard InChI is InChI=1S/C11H22N2O2/c1-4-10(2)13-7-5-12(6-8-13)9-11(14)15-3/h10H,4-9H2,1-3H3. The number of ether oxygens (including phenoxy) is 1. The molecule has 0 N–H and O–H groups in total. The molecule has 0 aromatic heterocycles. The number of rotatable bonds is 4. The molecular formula is C11H22N2O2. The average Bonchev–Trinajstić information content (AvgIpc) is 2.29. The molecule has 4 heteroatoms. The Labute approximate surface area is 92.2 Å². The van der Waals surface area contributed by atoms with Gasteiger partial charge in [0.05, 0.1) is 13.7 Å². The number of nitrogens with zero attached hydrogens (tertiary/aromatic N) is 2. The van der Waals surface area contributed by atoms with Crippen LogP contribution in [-0.4, -0.2) is 61.6 Å². The zero-order chi connectivity index (χ0) is 11.3. The molecule has 0 aromatic rings. The fourth-order valence-electron chi connectivity index (χ4n) is 1.87. The van der Waals surface area contributed by atoms with E-state index >= 15 is 0 Å². The Balaban J connectivity index is 2.26. The van der Waals surface area contributed by atoms with E-state index in [1.54, 1.807) is 0 Å². The molecule has 0 aromatic carbocycles. The Kier molecular flexibility index (Phi) is 5.05. The molecule has 1 unspecified atom stereocenters. The summed E-state index contributed by atoms with van der Waals surface area (Å²) in [7, 11) is 1.44. The van der Waals surface area contributed by atoms with Crippen molar-refractivity contribution in [3.63, 3.8) is 0 Å². The predicted octanol–water partition coefficient (Wildman–Crippen LogP) is 0.575. The van der Waals surface area contributed by atoms with E-state index in [1.165, 1.54) is 13.5 Å². The second-order valence-electron chi connectivity index (χ2n) is 4.15. The van der Waals surface area contributed by atoms with E-state index < -0.39 is 0 Å². The summed E-state index contributed by atoms with van der Waals surface area (Å²) >= 11 is 0.